The first kappa shape index (κ1) is 15.4. The van der Waals surface area contributed by atoms with Crippen LogP contribution in [-0.4, -0.2) is 47.6 Å². The van der Waals surface area contributed by atoms with E-state index in [1.165, 1.54) is 16.9 Å². The molecule has 0 bridgehead atoms. The number of nitrogens with zero attached hydrogens (tertiary/aromatic N) is 1. The van der Waals surface area contributed by atoms with Crippen molar-refractivity contribution in [1.29, 1.82) is 0 Å². The van der Waals surface area contributed by atoms with E-state index in [1.807, 2.05) is 43.3 Å². The topological polar surface area (TPSA) is 43.4 Å². The number of benzene rings is 1. The summed E-state index contributed by atoms with van der Waals surface area (Å²) in [6.07, 6.45) is 1.30. The van der Waals surface area contributed by atoms with Crippen LogP contribution in [0.5, 0.6) is 11.5 Å². The zero-order valence-electron chi connectivity index (χ0n) is 12.7. The fourth-order valence-corrected chi connectivity index (χ4v) is 3.11. The summed E-state index contributed by atoms with van der Waals surface area (Å²) in [5.41, 5.74) is 1.96. The molecule has 1 N–H and O–H groups in total. The first-order chi connectivity index (χ1) is 10.8. The van der Waals surface area contributed by atoms with Crippen LogP contribution in [0.1, 0.15) is 13.3 Å². The minimum absolute atomic E-state index is 0.250. The van der Waals surface area contributed by atoms with E-state index in [0.717, 1.165) is 46.7 Å². The molecule has 2 aromatic rings. The summed E-state index contributed by atoms with van der Waals surface area (Å²) in [6.45, 7) is 4.55. The number of pyridine rings is 1. The molecule has 2 heterocycles. The molecular weight excluding hydrogens is 339 g/mol. The van der Waals surface area contributed by atoms with Crippen molar-refractivity contribution in [2.75, 3.05) is 19.7 Å². The zero-order chi connectivity index (χ0) is 15.4. The Bertz CT molecular complexity index is 642. The van der Waals surface area contributed by atoms with E-state index >= 15 is 0 Å². The van der Waals surface area contributed by atoms with Crippen LogP contribution in [0.15, 0.2) is 36.4 Å². The van der Waals surface area contributed by atoms with Gasteiger partial charge >= 0.3 is 139 Å². The van der Waals surface area contributed by atoms with Crippen LogP contribution in [-0.2, 0) is 0 Å². The van der Waals surface area contributed by atoms with E-state index in [-0.39, 0.29) is 6.10 Å². The number of rotatable bonds is 5. The average Bonchev–Trinajstić information content (AvgIpc) is 3.01. The predicted molar refractivity (Wildman–Crippen MR) is 90.9 cm³/mol. The molecule has 116 valence electrons. The number of aromatic nitrogens is 1. The summed E-state index contributed by atoms with van der Waals surface area (Å²) in [5.74, 6) is 1.69. The SMILES string of the molecule is CCOc1cc(OC2CCNC2)ccc1-c1cccc([AsH2])n1. The fraction of sp³-hybridized carbons (Fsp3) is 0.353. The normalized spacial score (nSPS) is 17.5. The summed E-state index contributed by atoms with van der Waals surface area (Å²) in [7, 11) is 0. The van der Waals surface area contributed by atoms with Crippen molar-refractivity contribution < 1.29 is 9.47 Å². The fourth-order valence-electron chi connectivity index (χ4n) is 2.59. The zero-order valence-corrected chi connectivity index (χ0v) is 15.1. The van der Waals surface area contributed by atoms with Crippen molar-refractivity contribution >= 4 is 21.3 Å². The van der Waals surface area contributed by atoms with Gasteiger partial charge in [-0.25, -0.2) is 0 Å². The summed E-state index contributed by atoms with van der Waals surface area (Å²) in [6, 6.07) is 12.1. The van der Waals surface area contributed by atoms with Gasteiger partial charge in [-0.1, -0.05) is 0 Å². The van der Waals surface area contributed by atoms with Crippen molar-refractivity contribution in [2.45, 2.75) is 19.4 Å². The van der Waals surface area contributed by atoms with Gasteiger partial charge in [-0.2, -0.15) is 0 Å². The van der Waals surface area contributed by atoms with E-state index in [0.29, 0.717) is 6.61 Å². The monoisotopic (exact) mass is 360 g/mol. The van der Waals surface area contributed by atoms with Crippen molar-refractivity contribution in [1.82, 2.24) is 10.3 Å². The van der Waals surface area contributed by atoms with Crippen LogP contribution >= 0.6 is 0 Å². The Kier molecular flexibility index (Phi) is 5.01. The van der Waals surface area contributed by atoms with Crippen LogP contribution in [0.25, 0.3) is 11.3 Å². The minimum atomic E-state index is 0.250. The molecule has 1 aromatic carbocycles. The molecular formula is C17H21AsN2O2. The Hall–Kier alpha value is -1.51. The van der Waals surface area contributed by atoms with Gasteiger partial charge in [0.2, 0.25) is 0 Å². The van der Waals surface area contributed by atoms with E-state index in [2.05, 4.69) is 10.3 Å². The van der Waals surface area contributed by atoms with Gasteiger partial charge in [0.15, 0.2) is 0 Å². The van der Waals surface area contributed by atoms with Gasteiger partial charge in [0.05, 0.1) is 0 Å². The molecule has 22 heavy (non-hydrogen) atoms. The number of nitrogens with one attached hydrogen (secondary N) is 1. The standard InChI is InChI=1S/C17H21AsN2O2/c1-2-21-16-10-12(22-13-8-9-19-11-13)6-7-14(16)15-4-3-5-17(18)20-15/h3-7,10,13,19H,2,8-9,11,18H2,1H3. The molecule has 0 spiro atoms. The van der Waals surface area contributed by atoms with E-state index in [9.17, 15) is 0 Å². The molecule has 2 atom stereocenters. The third kappa shape index (κ3) is 3.63. The molecule has 1 fully saturated rings. The molecule has 3 rings (SSSR count). The van der Waals surface area contributed by atoms with Crippen molar-refractivity contribution in [3.63, 3.8) is 0 Å². The van der Waals surface area contributed by atoms with Crippen LogP contribution in [0.2, 0.25) is 0 Å². The maximum absolute atomic E-state index is 6.02. The molecule has 5 heteroatoms. The molecule has 1 aromatic heterocycles. The first-order valence-corrected chi connectivity index (χ1v) is 8.84. The molecule has 1 aliphatic rings. The van der Waals surface area contributed by atoms with Gasteiger partial charge in [0, 0.05) is 0 Å². The van der Waals surface area contributed by atoms with Crippen molar-refractivity contribution in [3.05, 3.63) is 36.4 Å². The molecule has 1 aliphatic heterocycles. The third-order valence-corrected chi connectivity index (χ3v) is 4.29. The second-order valence-corrected chi connectivity index (χ2v) is 6.51. The third-order valence-electron chi connectivity index (χ3n) is 3.62. The Balaban J connectivity index is 1.89. The van der Waals surface area contributed by atoms with Gasteiger partial charge in [-0.05, 0) is 0 Å². The van der Waals surface area contributed by atoms with Crippen LogP contribution in [0.4, 0.5) is 0 Å². The number of ether oxygens (including phenoxy) is 2. The molecule has 0 aliphatic carbocycles. The van der Waals surface area contributed by atoms with E-state index in [1.54, 1.807) is 0 Å². The van der Waals surface area contributed by atoms with Gasteiger partial charge < -0.3 is 0 Å². The van der Waals surface area contributed by atoms with Crippen molar-refractivity contribution in [2.24, 2.45) is 0 Å². The molecule has 2 unspecified atom stereocenters. The Morgan fingerprint density at radius 3 is 2.95 bits per heavy atom. The Labute approximate surface area is 139 Å². The molecule has 4 nitrogen and oxygen atoms in total. The molecule has 1 saturated heterocycles. The second kappa shape index (κ2) is 7.17. The Morgan fingerprint density at radius 2 is 2.23 bits per heavy atom. The van der Waals surface area contributed by atoms with Crippen LogP contribution < -0.4 is 19.3 Å². The first-order valence-electron chi connectivity index (χ1n) is 7.63. The molecule has 0 radical (unpaired) electrons. The van der Waals surface area contributed by atoms with Crippen LogP contribution in [0, 0.1) is 0 Å². The van der Waals surface area contributed by atoms with Crippen LogP contribution in [0.3, 0.4) is 0 Å². The quantitative estimate of drug-likeness (QED) is 0.813. The van der Waals surface area contributed by atoms with Gasteiger partial charge in [0.1, 0.15) is 0 Å². The maximum atomic E-state index is 6.02. The summed E-state index contributed by atoms with van der Waals surface area (Å²) in [5, 5.41) is 3.31. The van der Waals surface area contributed by atoms with Crippen molar-refractivity contribution in [3.8, 4) is 22.8 Å². The van der Waals surface area contributed by atoms with Gasteiger partial charge in [-0.3, -0.25) is 0 Å². The second-order valence-electron chi connectivity index (χ2n) is 5.27. The number of hydrogen-bond donors (Lipinski definition) is 1. The summed E-state index contributed by atoms with van der Waals surface area (Å²) >= 11 is 1.52. The number of hydrogen-bond acceptors (Lipinski definition) is 4. The molecule has 0 amide bonds. The van der Waals surface area contributed by atoms with E-state index in [4.69, 9.17) is 9.47 Å². The summed E-state index contributed by atoms with van der Waals surface area (Å²) < 4.78 is 12.9. The Morgan fingerprint density at radius 1 is 1.32 bits per heavy atom. The average molecular weight is 360 g/mol. The van der Waals surface area contributed by atoms with Gasteiger partial charge in [-0.15, -0.1) is 0 Å². The predicted octanol–water partition coefficient (Wildman–Crippen LogP) is 1.15. The van der Waals surface area contributed by atoms with Gasteiger partial charge in [0.25, 0.3) is 0 Å². The van der Waals surface area contributed by atoms with E-state index < -0.39 is 0 Å². The summed E-state index contributed by atoms with van der Waals surface area (Å²) in [4.78, 5) is 4.62. The molecule has 0 saturated carbocycles.